The minimum absolute atomic E-state index is 0.0266. The van der Waals surface area contributed by atoms with Gasteiger partial charge < -0.3 is 14.4 Å². The van der Waals surface area contributed by atoms with Crippen molar-refractivity contribution in [2.75, 3.05) is 0 Å². The van der Waals surface area contributed by atoms with E-state index in [4.69, 9.17) is 16.3 Å². The lowest BCUT2D eigenvalue weighted by molar-refractivity contribution is 0.0695. The van der Waals surface area contributed by atoms with Crippen molar-refractivity contribution in [3.05, 3.63) is 74.8 Å². The molecule has 0 amide bonds. The number of benzene rings is 1. The smallest absolute Gasteiger partial charge is 0.341 e. The van der Waals surface area contributed by atoms with Gasteiger partial charge in [0, 0.05) is 11.2 Å². The maximum absolute atomic E-state index is 14.3. The summed E-state index contributed by atoms with van der Waals surface area (Å²) in [5.74, 6) is -4.39. The zero-order chi connectivity index (χ0) is 19.9. The molecule has 1 aromatic heterocycles. The van der Waals surface area contributed by atoms with Crippen LogP contribution in [0.15, 0.2) is 52.2 Å². The van der Waals surface area contributed by atoms with Crippen molar-refractivity contribution < 1.29 is 23.4 Å². The fraction of sp³-hybridized carbons (Fsp3) is 0.158. The third-order valence-corrected chi connectivity index (χ3v) is 4.24. The largest absolute Gasteiger partial charge is 0.477 e. The summed E-state index contributed by atoms with van der Waals surface area (Å²) in [4.78, 5) is 23.8. The summed E-state index contributed by atoms with van der Waals surface area (Å²) in [6, 6.07) is 0.0817. The second-order valence-electron chi connectivity index (χ2n) is 5.53. The molecule has 1 aliphatic carbocycles. The Labute approximate surface area is 157 Å². The van der Waals surface area contributed by atoms with E-state index in [1.54, 1.807) is 18.2 Å². The van der Waals surface area contributed by atoms with Crippen LogP contribution in [0.4, 0.5) is 8.78 Å². The topological polar surface area (TPSA) is 68.5 Å². The fourth-order valence-corrected chi connectivity index (χ4v) is 3.09. The number of ether oxygens (including phenoxy) is 1. The molecule has 2 heterocycles. The summed E-state index contributed by atoms with van der Waals surface area (Å²) in [5, 5.41) is 9.29. The molecule has 2 aliphatic rings. The SMILES string of the molecule is CC.O=C(O)c1cn2c3c(c(F)c(F)cc3c1=O)OC1=CC2C=CC(Cl)=C1. The second-order valence-corrected chi connectivity index (χ2v) is 5.97. The second kappa shape index (κ2) is 7.00. The number of carbonyl (C=O) groups is 1. The van der Waals surface area contributed by atoms with Gasteiger partial charge >= 0.3 is 5.97 Å². The van der Waals surface area contributed by atoms with E-state index in [2.05, 4.69) is 0 Å². The first kappa shape index (κ1) is 18.8. The van der Waals surface area contributed by atoms with Gasteiger partial charge in [-0.2, -0.15) is 4.39 Å². The normalized spacial score (nSPS) is 17.0. The van der Waals surface area contributed by atoms with Crippen LogP contribution in [0.3, 0.4) is 0 Å². The average Bonchev–Trinajstić information content (AvgIpc) is 2.91. The number of pyridine rings is 1. The third kappa shape index (κ3) is 3.04. The molecule has 0 saturated heterocycles. The molecule has 8 heteroatoms. The molecular formula is C19H14ClF2NO4. The molecule has 0 radical (unpaired) electrons. The van der Waals surface area contributed by atoms with Crippen molar-refractivity contribution in [1.82, 2.24) is 4.57 Å². The van der Waals surface area contributed by atoms with E-state index in [0.29, 0.717) is 11.1 Å². The molecule has 1 N–H and O–H groups in total. The number of halogens is 3. The number of carboxylic acid groups (broad SMARTS) is 1. The van der Waals surface area contributed by atoms with E-state index in [9.17, 15) is 23.5 Å². The van der Waals surface area contributed by atoms with E-state index in [1.165, 1.54) is 10.6 Å². The Balaban J connectivity index is 0.00000102. The van der Waals surface area contributed by atoms with Crippen LogP contribution in [-0.4, -0.2) is 15.6 Å². The van der Waals surface area contributed by atoms with E-state index in [-0.39, 0.29) is 16.7 Å². The van der Waals surface area contributed by atoms with Crippen LogP contribution in [0.5, 0.6) is 5.75 Å². The highest BCUT2D eigenvalue weighted by Crippen LogP contribution is 2.37. The molecular weight excluding hydrogens is 380 g/mol. The van der Waals surface area contributed by atoms with E-state index >= 15 is 0 Å². The Kier molecular flexibility index (Phi) is 4.89. The Morgan fingerprint density at radius 3 is 2.70 bits per heavy atom. The Morgan fingerprint density at radius 1 is 1.33 bits per heavy atom. The van der Waals surface area contributed by atoms with Crippen LogP contribution in [-0.2, 0) is 0 Å². The molecule has 1 atom stereocenters. The molecule has 0 spiro atoms. The molecule has 0 fully saturated rings. The Bertz CT molecular complexity index is 1120. The van der Waals surface area contributed by atoms with Gasteiger partial charge in [0.2, 0.25) is 11.2 Å². The zero-order valence-corrected chi connectivity index (χ0v) is 15.1. The number of carboxylic acids is 1. The van der Waals surface area contributed by atoms with Gasteiger partial charge in [-0.05, 0) is 24.3 Å². The van der Waals surface area contributed by atoms with Gasteiger partial charge in [-0.15, -0.1) is 0 Å². The number of nitrogens with zero attached hydrogens (tertiary/aromatic N) is 1. The number of aromatic carboxylic acids is 1. The van der Waals surface area contributed by atoms with Gasteiger partial charge in [-0.1, -0.05) is 31.5 Å². The standard InChI is InChI=1S/C17H8ClF2NO4.C2H6/c18-7-1-2-8-4-9(3-7)25-16-13(20)12(19)5-10-14(16)21(8)6-11(15(10)22)17(23)24;1-2/h1-6,8H,(H,23,24);1-2H3. The number of allylic oxidation sites excluding steroid dienone is 5. The molecule has 140 valence electrons. The maximum atomic E-state index is 14.3. The van der Waals surface area contributed by atoms with Crippen molar-refractivity contribution in [1.29, 1.82) is 0 Å². The van der Waals surface area contributed by atoms with Crippen LogP contribution < -0.4 is 10.2 Å². The summed E-state index contributed by atoms with van der Waals surface area (Å²) in [6.07, 6.45) is 7.25. The fourth-order valence-electron chi connectivity index (χ4n) is 2.91. The predicted octanol–water partition coefficient (Wildman–Crippen LogP) is 4.51. The van der Waals surface area contributed by atoms with Crippen molar-refractivity contribution in [2.24, 2.45) is 0 Å². The first-order chi connectivity index (χ1) is 12.9. The Morgan fingerprint density at radius 2 is 2.04 bits per heavy atom. The predicted molar refractivity (Wildman–Crippen MR) is 97.3 cm³/mol. The molecule has 4 rings (SSSR count). The highest BCUT2D eigenvalue weighted by Gasteiger charge is 2.28. The van der Waals surface area contributed by atoms with Crippen LogP contribution >= 0.6 is 11.6 Å². The summed E-state index contributed by atoms with van der Waals surface area (Å²) in [5.41, 5.74) is -1.50. The van der Waals surface area contributed by atoms with Crippen LogP contribution in [0, 0.1) is 11.6 Å². The molecule has 1 aliphatic heterocycles. The van der Waals surface area contributed by atoms with Crippen LogP contribution in [0.2, 0.25) is 0 Å². The summed E-state index contributed by atoms with van der Waals surface area (Å²) < 4.78 is 35.1. The van der Waals surface area contributed by atoms with Crippen molar-refractivity contribution in [2.45, 2.75) is 19.9 Å². The number of hydrogen-bond donors (Lipinski definition) is 1. The number of rotatable bonds is 1. The first-order valence-corrected chi connectivity index (χ1v) is 8.50. The molecule has 1 unspecified atom stereocenters. The highest BCUT2D eigenvalue weighted by atomic mass is 35.5. The average molecular weight is 394 g/mol. The van der Waals surface area contributed by atoms with Crippen LogP contribution in [0.25, 0.3) is 10.9 Å². The van der Waals surface area contributed by atoms with E-state index in [0.717, 1.165) is 6.20 Å². The molecule has 2 bridgehead atoms. The maximum Gasteiger partial charge on any atom is 0.341 e. The molecule has 2 aromatic rings. The van der Waals surface area contributed by atoms with Crippen molar-refractivity contribution in [3.63, 3.8) is 0 Å². The van der Waals surface area contributed by atoms with Gasteiger partial charge in [0.15, 0.2) is 11.6 Å². The molecule has 5 nitrogen and oxygen atoms in total. The molecule has 27 heavy (non-hydrogen) atoms. The Hall–Kier alpha value is -2.93. The quantitative estimate of drug-likeness (QED) is 0.773. The zero-order valence-electron chi connectivity index (χ0n) is 14.3. The van der Waals surface area contributed by atoms with E-state index in [1.807, 2.05) is 13.8 Å². The first-order valence-electron chi connectivity index (χ1n) is 8.12. The van der Waals surface area contributed by atoms with Gasteiger partial charge in [-0.3, -0.25) is 4.79 Å². The van der Waals surface area contributed by atoms with Gasteiger partial charge in [0.1, 0.15) is 11.3 Å². The van der Waals surface area contributed by atoms with Gasteiger partial charge in [0.05, 0.1) is 16.9 Å². The molecule has 1 aromatic carbocycles. The lowest BCUT2D eigenvalue weighted by atomic mass is 10.1. The third-order valence-electron chi connectivity index (χ3n) is 4.01. The van der Waals surface area contributed by atoms with E-state index < -0.39 is 40.4 Å². The summed E-state index contributed by atoms with van der Waals surface area (Å²) in [7, 11) is 0. The van der Waals surface area contributed by atoms with Crippen molar-refractivity contribution >= 4 is 28.5 Å². The molecule has 0 saturated carbocycles. The highest BCUT2D eigenvalue weighted by molar-refractivity contribution is 6.31. The summed E-state index contributed by atoms with van der Waals surface area (Å²) in [6.45, 7) is 4.00. The number of aromatic nitrogens is 1. The number of hydrogen-bond acceptors (Lipinski definition) is 3. The monoisotopic (exact) mass is 393 g/mol. The van der Waals surface area contributed by atoms with Gasteiger partial charge in [-0.25, -0.2) is 9.18 Å². The minimum Gasteiger partial charge on any atom is -0.477 e. The van der Waals surface area contributed by atoms with Crippen LogP contribution in [0.1, 0.15) is 30.2 Å². The van der Waals surface area contributed by atoms with Gasteiger partial charge in [0.25, 0.3) is 0 Å². The minimum atomic E-state index is -1.47. The number of fused-ring (bicyclic) bond motifs is 2. The summed E-state index contributed by atoms with van der Waals surface area (Å²) >= 11 is 5.98. The van der Waals surface area contributed by atoms with Crippen molar-refractivity contribution in [3.8, 4) is 5.75 Å². The lowest BCUT2D eigenvalue weighted by Crippen LogP contribution is -2.20. The lowest BCUT2D eigenvalue weighted by Gasteiger charge is -2.17.